The van der Waals surface area contributed by atoms with Crippen LogP contribution >= 0.6 is 0 Å². The van der Waals surface area contributed by atoms with Gasteiger partial charge in [0.2, 0.25) is 0 Å². The lowest BCUT2D eigenvalue weighted by atomic mass is 9.98. The van der Waals surface area contributed by atoms with Crippen LogP contribution in [-0.2, 0) is 0 Å². The van der Waals surface area contributed by atoms with Crippen molar-refractivity contribution in [1.29, 1.82) is 0 Å². The number of aromatic amines is 1. The predicted molar refractivity (Wildman–Crippen MR) is 105 cm³/mol. The van der Waals surface area contributed by atoms with Crippen molar-refractivity contribution in [3.8, 4) is 11.1 Å². The van der Waals surface area contributed by atoms with E-state index < -0.39 is 0 Å². The number of carbonyl (C=O) groups is 1. The number of rotatable bonds is 9. The average molecular weight is 341 g/mol. The third-order valence-electron chi connectivity index (χ3n) is 4.63. The summed E-state index contributed by atoms with van der Waals surface area (Å²) in [5.74, 6) is 0.289. The minimum absolute atomic E-state index is 0.0170. The lowest BCUT2D eigenvalue weighted by molar-refractivity contribution is 0.0951. The Balaban J connectivity index is 2.11. The van der Waals surface area contributed by atoms with E-state index in [-0.39, 0.29) is 11.8 Å². The van der Waals surface area contributed by atoms with E-state index in [0.29, 0.717) is 6.54 Å². The predicted octanol–water partition coefficient (Wildman–Crippen LogP) is 4.27. The molecule has 4 heteroatoms. The number of carbonyl (C=O) groups excluding carboxylic acids is 1. The highest BCUT2D eigenvalue weighted by molar-refractivity contribution is 6.02. The second kappa shape index (κ2) is 9.42. The molecule has 0 aliphatic carbocycles. The summed E-state index contributed by atoms with van der Waals surface area (Å²) in [7, 11) is 0. The summed E-state index contributed by atoms with van der Waals surface area (Å²) in [5.41, 5.74) is 3.83. The van der Waals surface area contributed by atoms with E-state index in [9.17, 15) is 4.79 Å². The molecular weight excluding hydrogens is 310 g/mol. The second-order valence-electron chi connectivity index (χ2n) is 6.65. The monoisotopic (exact) mass is 341 g/mol. The first-order valence-electron chi connectivity index (χ1n) is 9.35. The number of aromatic nitrogens is 1. The van der Waals surface area contributed by atoms with Gasteiger partial charge in [-0.15, -0.1) is 0 Å². The standard InChI is InChI=1S/C21H31N3O/c1-5-24(6-2)14-10-13-22-21(25)19-18(15-23-20(19)16(3)4)17-11-8-7-9-12-17/h7-9,11-12,15-16,23H,5-6,10,13-14H2,1-4H3,(H,22,25). The van der Waals surface area contributed by atoms with Crippen LogP contribution in [0.1, 0.15) is 56.1 Å². The highest BCUT2D eigenvalue weighted by atomic mass is 16.1. The Bertz CT molecular complexity index is 657. The van der Waals surface area contributed by atoms with Crippen molar-refractivity contribution in [3.05, 3.63) is 47.8 Å². The molecule has 0 aliphatic heterocycles. The summed E-state index contributed by atoms with van der Waals surface area (Å²) in [6, 6.07) is 10.1. The van der Waals surface area contributed by atoms with Gasteiger partial charge in [0.25, 0.3) is 5.91 Å². The van der Waals surface area contributed by atoms with Gasteiger partial charge < -0.3 is 15.2 Å². The van der Waals surface area contributed by atoms with Crippen LogP contribution in [0.15, 0.2) is 36.5 Å². The van der Waals surface area contributed by atoms with E-state index in [4.69, 9.17) is 0 Å². The van der Waals surface area contributed by atoms with Crippen LogP contribution in [0, 0.1) is 0 Å². The van der Waals surface area contributed by atoms with Gasteiger partial charge in [0.05, 0.1) is 5.56 Å². The molecule has 2 aromatic rings. The normalized spacial score (nSPS) is 11.3. The van der Waals surface area contributed by atoms with E-state index in [2.05, 4.69) is 42.9 Å². The number of hydrogen-bond acceptors (Lipinski definition) is 2. The van der Waals surface area contributed by atoms with E-state index in [1.807, 2.05) is 36.5 Å². The zero-order chi connectivity index (χ0) is 18.2. The zero-order valence-corrected chi connectivity index (χ0v) is 15.9. The number of benzene rings is 1. The average Bonchev–Trinajstić information content (AvgIpc) is 3.08. The van der Waals surface area contributed by atoms with Gasteiger partial charge in [0.1, 0.15) is 0 Å². The number of amides is 1. The molecule has 0 fully saturated rings. The molecule has 2 rings (SSSR count). The summed E-state index contributed by atoms with van der Waals surface area (Å²) >= 11 is 0. The molecule has 0 radical (unpaired) electrons. The Kier molecular flexibility index (Phi) is 7.26. The third kappa shape index (κ3) is 4.95. The first-order chi connectivity index (χ1) is 12.1. The van der Waals surface area contributed by atoms with E-state index in [1.165, 1.54) is 0 Å². The van der Waals surface area contributed by atoms with Crippen LogP contribution < -0.4 is 5.32 Å². The van der Waals surface area contributed by atoms with Crippen LogP contribution in [0.3, 0.4) is 0 Å². The number of nitrogens with zero attached hydrogens (tertiary/aromatic N) is 1. The summed E-state index contributed by atoms with van der Waals surface area (Å²) < 4.78 is 0. The van der Waals surface area contributed by atoms with E-state index in [1.54, 1.807) is 0 Å². The third-order valence-corrected chi connectivity index (χ3v) is 4.63. The Morgan fingerprint density at radius 1 is 1.16 bits per heavy atom. The second-order valence-corrected chi connectivity index (χ2v) is 6.65. The lowest BCUT2D eigenvalue weighted by Gasteiger charge is -2.18. The van der Waals surface area contributed by atoms with Gasteiger partial charge in [0.15, 0.2) is 0 Å². The van der Waals surface area contributed by atoms with Crippen molar-refractivity contribution in [2.45, 2.75) is 40.0 Å². The van der Waals surface area contributed by atoms with Crippen LogP contribution in [-0.4, -0.2) is 42.0 Å². The topological polar surface area (TPSA) is 48.1 Å². The van der Waals surface area contributed by atoms with Gasteiger partial charge in [-0.2, -0.15) is 0 Å². The molecule has 0 atom stereocenters. The number of hydrogen-bond donors (Lipinski definition) is 2. The summed E-state index contributed by atoms with van der Waals surface area (Å²) in [5, 5.41) is 3.11. The van der Waals surface area contributed by atoms with Crippen LogP contribution in [0.4, 0.5) is 0 Å². The Labute approximate surface area is 151 Å². The molecule has 0 bridgehead atoms. The van der Waals surface area contributed by atoms with Crippen molar-refractivity contribution < 1.29 is 4.79 Å². The SMILES string of the molecule is CCN(CC)CCCNC(=O)c1c(-c2ccccc2)c[nH]c1C(C)C. The quantitative estimate of drug-likeness (QED) is 0.669. The highest BCUT2D eigenvalue weighted by Gasteiger charge is 2.21. The molecular formula is C21H31N3O. The molecule has 0 spiro atoms. The molecule has 136 valence electrons. The molecule has 0 unspecified atom stereocenters. The molecule has 1 amide bonds. The van der Waals surface area contributed by atoms with Gasteiger partial charge >= 0.3 is 0 Å². The maximum Gasteiger partial charge on any atom is 0.253 e. The molecule has 2 N–H and O–H groups in total. The van der Waals surface area contributed by atoms with Gasteiger partial charge in [-0.1, -0.05) is 58.0 Å². The minimum Gasteiger partial charge on any atom is -0.363 e. The van der Waals surface area contributed by atoms with E-state index in [0.717, 1.165) is 48.4 Å². The fourth-order valence-corrected chi connectivity index (χ4v) is 3.12. The smallest absolute Gasteiger partial charge is 0.253 e. The number of H-pyrrole nitrogens is 1. The molecule has 0 saturated carbocycles. The molecule has 1 aromatic carbocycles. The summed E-state index contributed by atoms with van der Waals surface area (Å²) in [4.78, 5) is 18.5. The minimum atomic E-state index is 0.0170. The van der Waals surface area contributed by atoms with Crippen molar-refractivity contribution in [1.82, 2.24) is 15.2 Å². The molecule has 1 heterocycles. The van der Waals surface area contributed by atoms with Gasteiger partial charge in [-0.3, -0.25) is 4.79 Å². The van der Waals surface area contributed by atoms with Crippen LogP contribution in [0.5, 0.6) is 0 Å². The highest BCUT2D eigenvalue weighted by Crippen LogP contribution is 2.29. The summed E-state index contributed by atoms with van der Waals surface area (Å²) in [6.45, 7) is 12.4. The molecule has 1 aromatic heterocycles. The summed E-state index contributed by atoms with van der Waals surface area (Å²) in [6.07, 6.45) is 2.92. The maximum absolute atomic E-state index is 12.9. The van der Waals surface area contributed by atoms with Crippen molar-refractivity contribution in [3.63, 3.8) is 0 Å². The largest absolute Gasteiger partial charge is 0.363 e. The molecule has 4 nitrogen and oxygen atoms in total. The fraction of sp³-hybridized carbons (Fsp3) is 0.476. The first-order valence-corrected chi connectivity index (χ1v) is 9.35. The Morgan fingerprint density at radius 2 is 1.84 bits per heavy atom. The molecule has 25 heavy (non-hydrogen) atoms. The number of nitrogens with one attached hydrogen (secondary N) is 2. The molecule has 0 saturated heterocycles. The molecule has 0 aliphatic rings. The van der Waals surface area contributed by atoms with Crippen LogP contribution in [0.25, 0.3) is 11.1 Å². The van der Waals surface area contributed by atoms with Crippen molar-refractivity contribution in [2.24, 2.45) is 0 Å². The lowest BCUT2D eigenvalue weighted by Crippen LogP contribution is -2.30. The van der Waals surface area contributed by atoms with Gasteiger partial charge in [-0.05, 0) is 37.5 Å². The van der Waals surface area contributed by atoms with Gasteiger partial charge in [0, 0.05) is 24.0 Å². The Morgan fingerprint density at radius 3 is 2.44 bits per heavy atom. The first kappa shape index (κ1) is 19.3. The van der Waals surface area contributed by atoms with Crippen molar-refractivity contribution >= 4 is 5.91 Å². The van der Waals surface area contributed by atoms with Crippen LogP contribution in [0.2, 0.25) is 0 Å². The zero-order valence-electron chi connectivity index (χ0n) is 15.9. The fourth-order valence-electron chi connectivity index (χ4n) is 3.12. The van der Waals surface area contributed by atoms with Crippen molar-refractivity contribution in [2.75, 3.05) is 26.2 Å². The Hall–Kier alpha value is -2.07. The van der Waals surface area contributed by atoms with E-state index >= 15 is 0 Å². The maximum atomic E-state index is 12.9. The van der Waals surface area contributed by atoms with Gasteiger partial charge in [-0.25, -0.2) is 0 Å².